The van der Waals surface area contributed by atoms with Gasteiger partial charge in [-0.2, -0.15) is 23.1 Å². The zero-order chi connectivity index (χ0) is 26.0. The standard InChI is InChI=1S/C24H26ClF5N6/c1-13-12-35(8-9-36(13)21-18-20(32-22(25)33-21)34(3)14(2)31-18)19(16-10-23(26,27)11-16)15-4-6-17(7-5-15)24(28,29)30/h4-7,13,16,19H,8-12H2,1-3H3. The number of rotatable bonds is 4. The van der Waals surface area contributed by atoms with E-state index in [0.29, 0.717) is 42.2 Å². The molecule has 1 aromatic carbocycles. The van der Waals surface area contributed by atoms with Gasteiger partial charge in [-0.15, -0.1) is 0 Å². The summed E-state index contributed by atoms with van der Waals surface area (Å²) in [7, 11) is 1.85. The molecular formula is C24H26ClF5N6. The summed E-state index contributed by atoms with van der Waals surface area (Å²) < 4.78 is 68.8. The van der Waals surface area contributed by atoms with Crippen LogP contribution in [0.15, 0.2) is 24.3 Å². The van der Waals surface area contributed by atoms with Crippen LogP contribution in [0.1, 0.15) is 42.8 Å². The second kappa shape index (κ2) is 8.79. The van der Waals surface area contributed by atoms with Gasteiger partial charge in [-0.3, -0.25) is 4.90 Å². The largest absolute Gasteiger partial charge is 0.416 e. The van der Waals surface area contributed by atoms with E-state index < -0.39 is 23.7 Å². The zero-order valence-electron chi connectivity index (χ0n) is 20.0. The van der Waals surface area contributed by atoms with Crippen LogP contribution in [-0.4, -0.2) is 56.0 Å². The summed E-state index contributed by atoms with van der Waals surface area (Å²) in [6, 6.07) is 4.43. The molecule has 0 amide bonds. The molecule has 36 heavy (non-hydrogen) atoms. The number of anilines is 1. The van der Waals surface area contributed by atoms with Gasteiger partial charge in [0.15, 0.2) is 17.0 Å². The number of alkyl halides is 5. The molecule has 0 bridgehead atoms. The summed E-state index contributed by atoms with van der Waals surface area (Å²) in [4.78, 5) is 17.6. The number of halogens is 6. The van der Waals surface area contributed by atoms with Crippen molar-refractivity contribution in [3.63, 3.8) is 0 Å². The van der Waals surface area contributed by atoms with Gasteiger partial charge in [-0.1, -0.05) is 12.1 Å². The number of piperazine rings is 1. The van der Waals surface area contributed by atoms with E-state index in [0.717, 1.165) is 18.0 Å². The molecule has 5 rings (SSSR count). The van der Waals surface area contributed by atoms with E-state index in [-0.39, 0.29) is 30.1 Å². The predicted molar refractivity (Wildman–Crippen MR) is 126 cm³/mol. The van der Waals surface area contributed by atoms with Crippen LogP contribution in [0.5, 0.6) is 0 Å². The van der Waals surface area contributed by atoms with Crippen molar-refractivity contribution in [2.45, 2.75) is 50.9 Å². The van der Waals surface area contributed by atoms with E-state index >= 15 is 0 Å². The lowest BCUT2D eigenvalue weighted by molar-refractivity contribution is -0.137. The fourth-order valence-electron chi connectivity index (χ4n) is 5.46. The second-order valence-electron chi connectivity index (χ2n) is 9.83. The van der Waals surface area contributed by atoms with Gasteiger partial charge in [-0.05, 0) is 49.1 Å². The Kier molecular flexibility index (Phi) is 6.14. The Balaban J connectivity index is 1.42. The minimum Gasteiger partial charge on any atom is -0.349 e. The number of aromatic nitrogens is 4. The molecule has 1 saturated heterocycles. The smallest absolute Gasteiger partial charge is 0.349 e. The lowest BCUT2D eigenvalue weighted by Gasteiger charge is -2.49. The third kappa shape index (κ3) is 4.51. The van der Waals surface area contributed by atoms with Crippen molar-refractivity contribution in [1.82, 2.24) is 24.4 Å². The third-order valence-electron chi connectivity index (χ3n) is 7.37. The van der Waals surface area contributed by atoms with Crippen molar-refractivity contribution in [1.29, 1.82) is 0 Å². The Morgan fingerprint density at radius 2 is 1.72 bits per heavy atom. The zero-order valence-corrected chi connectivity index (χ0v) is 20.8. The molecule has 0 spiro atoms. The maximum atomic E-state index is 13.8. The van der Waals surface area contributed by atoms with Crippen LogP contribution in [0.2, 0.25) is 5.28 Å². The van der Waals surface area contributed by atoms with Gasteiger partial charge in [0.1, 0.15) is 5.82 Å². The number of hydrogen-bond acceptors (Lipinski definition) is 5. The Morgan fingerprint density at radius 1 is 1.06 bits per heavy atom. The molecule has 2 aromatic heterocycles. The van der Waals surface area contributed by atoms with Crippen LogP contribution in [0.3, 0.4) is 0 Å². The molecule has 3 aromatic rings. The van der Waals surface area contributed by atoms with Crippen LogP contribution >= 0.6 is 11.6 Å². The average molecular weight is 529 g/mol. The molecule has 194 valence electrons. The van der Waals surface area contributed by atoms with Gasteiger partial charge in [0.05, 0.1) is 5.56 Å². The Labute approximate surface area is 210 Å². The topological polar surface area (TPSA) is 50.1 Å². The highest BCUT2D eigenvalue weighted by molar-refractivity contribution is 6.28. The van der Waals surface area contributed by atoms with Gasteiger partial charge >= 0.3 is 6.18 Å². The normalized spacial score (nSPS) is 22.1. The number of imidazole rings is 1. The third-order valence-corrected chi connectivity index (χ3v) is 7.54. The molecule has 6 nitrogen and oxygen atoms in total. The van der Waals surface area contributed by atoms with Crippen molar-refractivity contribution in [2.24, 2.45) is 13.0 Å². The molecule has 2 aliphatic rings. The van der Waals surface area contributed by atoms with Crippen LogP contribution in [-0.2, 0) is 13.2 Å². The molecule has 3 heterocycles. The summed E-state index contributed by atoms with van der Waals surface area (Å²) in [6.07, 6.45) is -5.00. The summed E-state index contributed by atoms with van der Waals surface area (Å²) >= 11 is 6.22. The molecule has 1 aliphatic carbocycles. The first-order chi connectivity index (χ1) is 16.8. The Bertz CT molecular complexity index is 1270. The van der Waals surface area contributed by atoms with E-state index in [9.17, 15) is 22.0 Å². The minimum atomic E-state index is -4.45. The number of benzene rings is 1. The van der Waals surface area contributed by atoms with E-state index in [2.05, 4.69) is 24.8 Å². The number of nitrogens with zero attached hydrogens (tertiary/aromatic N) is 6. The average Bonchev–Trinajstić information content (AvgIpc) is 3.06. The summed E-state index contributed by atoms with van der Waals surface area (Å²) in [5.41, 5.74) is 1.13. The SMILES string of the molecule is Cc1nc2c(N3CCN(C(c4ccc(C(F)(F)F)cc4)C4CC(F)(F)C4)CC3C)nc(Cl)nc2n1C. The lowest BCUT2D eigenvalue weighted by Crippen LogP contribution is -2.56. The molecule has 1 saturated carbocycles. The lowest BCUT2D eigenvalue weighted by atomic mass is 9.73. The maximum Gasteiger partial charge on any atom is 0.416 e. The highest BCUT2D eigenvalue weighted by Crippen LogP contribution is 2.51. The summed E-state index contributed by atoms with van der Waals surface area (Å²) in [5, 5.41) is 0.106. The summed E-state index contributed by atoms with van der Waals surface area (Å²) in [5.74, 6) is -1.69. The molecule has 0 N–H and O–H groups in total. The monoisotopic (exact) mass is 528 g/mol. The quantitative estimate of drug-likeness (QED) is 0.324. The number of fused-ring (bicyclic) bond motifs is 1. The molecule has 2 unspecified atom stereocenters. The second-order valence-corrected chi connectivity index (χ2v) is 10.2. The van der Waals surface area contributed by atoms with Gasteiger partial charge < -0.3 is 9.47 Å². The molecule has 12 heteroatoms. The molecule has 2 atom stereocenters. The van der Waals surface area contributed by atoms with Crippen LogP contribution in [0.4, 0.5) is 27.8 Å². The Morgan fingerprint density at radius 3 is 2.31 bits per heavy atom. The molecule has 1 aliphatic heterocycles. The van der Waals surface area contributed by atoms with Crippen molar-refractivity contribution in [3.8, 4) is 0 Å². The first-order valence-electron chi connectivity index (χ1n) is 11.8. The van der Waals surface area contributed by atoms with Crippen molar-refractivity contribution < 1.29 is 22.0 Å². The molecule has 2 fully saturated rings. The first kappa shape index (κ1) is 25.1. The highest BCUT2D eigenvalue weighted by Gasteiger charge is 2.50. The Hall–Kier alpha value is -2.53. The van der Waals surface area contributed by atoms with Crippen LogP contribution < -0.4 is 4.90 Å². The van der Waals surface area contributed by atoms with E-state index in [4.69, 9.17) is 11.6 Å². The van der Waals surface area contributed by atoms with E-state index in [1.165, 1.54) is 12.1 Å². The number of aryl methyl sites for hydroxylation is 2. The summed E-state index contributed by atoms with van der Waals surface area (Å²) in [6.45, 7) is 5.43. The van der Waals surface area contributed by atoms with Crippen molar-refractivity contribution in [3.05, 3.63) is 46.5 Å². The highest BCUT2D eigenvalue weighted by atomic mass is 35.5. The minimum absolute atomic E-state index is 0.0761. The number of hydrogen-bond donors (Lipinski definition) is 0. The van der Waals surface area contributed by atoms with Gasteiger partial charge in [0, 0.05) is 51.6 Å². The van der Waals surface area contributed by atoms with E-state index in [1.54, 1.807) is 0 Å². The fraction of sp³-hybridized carbons (Fsp3) is 0.542. The predicted octanol–water partition coefficient (Wildman–Crippen LogP) is 5.64. The van der Waals surface area contributed by atoms with Crippen LogP contribution in [0.25, 0.3) is 11.2 Å². The van der Waals surface area contributed by atoms with Gasteiger partial charge in [0.2, 0.25) is 11.2 Å². The van der Waals surface area contributed by atoms with E-state index in [1.807, 2.05) is 25.5 Å². The molecular weight excluding hydrogens is 503 g/mol. The van der Waals surface area contributed by atoms with Gasteiger partial charge in [0.25, 0.3) is 0 Å². The van der Waals surface area contributed by atoms with Crippen molar-refractivity contribution >= 4 is 28.6 Å². The fourth-order valence-corrected chi connectivity index (χ4v) is 5.62. The maximum absolute atomic E-state index is 13.8. The van der Waals surface area contributed by atoms with Crippen molar-refractivity contribution in [2.75, 3.05) is 24.5 Å². The van der Waals surface area contributed by atoms with Crippen LogP contribution in [0, 0.1) is 12.8 Å². The first-order valence-corrected chi connectivity index (χ1v) is 12.1. The van der Waals surface area contributed by atoms with Gasteiger partial charge in [-0.25, -0.2) is 13.8 Å². The molecule has 0 radical (unpaired) electrons.